The van der Waals surface area contributed by atoms with Crippen molar-refractivity contribution in [1.29, 1.82) is 0 Å². The highest BCUT2D eigenvalue weighted by molar-refractivity contribution is 5.82. The Morgan fingerprint density at radius 3 is 3.05 bits per heavy atom. The SMILES string of the molecule is CN(Cc1cccc2cccnc12)C(=O)C[C@H]1CCOC1. The van der Waals surface area contributed by atoms with Gasteiger partial charge in [-0.1, -0.05) is 24.3 Å². The van der Waals surface area contributed by atoms with E-state index in [1.807, 2.05) is 37.4 Å². The highest BCUT2D eigenvalue weighted by Crippen LogP contribution is 2.20. The van der Waals surface area contributed by atoms with Gasteiger partial charge in [0.05, 0.1) is 5.52 Å². The van der Waals surface area contributed by atoms with Gasteiger partial charge in [0, 0.05) is 44.8 Å². The minimum Gasteiger partial charge on any atom is -0.381 e. The van der Waals surface area contributed by atoms with Gasteiger partial charge in [-0.3, -0.25) is 9.78 Å². The number of fused-ring (bicyclic) bond motifs is 1. The Hall–Kier alpha value is -1.94. The summed E-state index contributed by atoms with van der Waals surface area (Å²) in [6.07, 6.45) is 3.37. The van der Waals surface area contributed by atoms with E-state index in [0.29, 0.717) is 18.9 Å². The summed E-state index contributed by atoms with van der Waals surface area (Å²) in [7, 11) is 1.86. The molecule has 3 rings (SSSR count). The molecule has 2 heterocycles. The maximum absolute atomic E-state index is 12.3. The van der Waals surface area contributed by atoms with Crippen molar-refractivity contribution in [3.05, 3.63) is 42.1 Å². The minimum atomic E-state index is 0.179. The van der Waals surface area contributed by atoms with Crippen LogP contribution in [-0.4, -0.2) is 36.1 Å². The molecule has 1 aromatic heterocycles. The molecule has 4 heteroatoms. The molecule has 110 valence electrons. The highest BCUT2D eigenvalue weighted by Gasteiger charge is 2.21. The number of benzene rings is 1. The fraction of sp³-hybridized carbons (Fsp3) is 0.412. The lowest BCUT2D eigenvalue weighted by Crippen LogP contribution is -2.28. The van der Waals surface area contributed by atoms with Crippen LogP contribution in [0.4, 0.5) is 0 Å². The second kappa shape index (κ2) is 6.22. The first kappa shape index (κ1) is 14.0. The summed E-state index contributed by atoms with van der Waals surface area (Å²) in [5.74, 6) is 0.559. The topological polar surface area (TPSA) is 42.4 Å². The third kappa shape index (κ3) is 3.22. The molecule has 0 radical (unpaired) electrons. The quantitative estimate of drug-likeness (QED) is 0.866. The van der Waals surface area contributed by atoms with E-state index in [0.717, 1.165) is 36.1 Å². The molecule has 1 saturated heterocycles. The number of hydrogen-bond acceptors (Lipinski definition) is 3. The van der Waals surface area contributed by atoms with E-state index in [2.05, 4.69) is 4.98 Å². The molecule has 1 atom stereocenters. The predicted octanol–water partition coefficient (Wildman–Crippen LogP) is 2.62. The number of ether oxygens (including phenoxy) is 1. The van der Waals surface area contributed by atoms with Crippen LogP contribution in [-0.2, 0) is 16.1 Å². The average Bonchev–Trinajstić information content (AvgIpc) is 3.00. The molecule has 1 aliphatic heterocycles. The molecule has 4 nitrogen and oxygen atoms in total. The number of hydrogen-bond donors (Lipinski definition) is 0. The summed E-state index contributed by atoms with van der Waals surface area (Å²) >= 11 is 0. The zero-order chi connectivity index (χ0) is 14.7. The van der Waals surface area contributed by atoms with Gasteiger partial charge in [-0.15, -0.1) is 0 Å². The molecule has 1 amide bonds. The summed E-state index contributed by atoms with van der Waals surface area (Å²) < 4.78 is 5.33. The van der Waals surface area contributed by atoms with Crippen LogP contribution in [0.25, 0.3) is 10.9 Å². The molecule has 21 heavy (non-hydrogen) atoms. The summed E-state index contributed by atoms with van der Waals surface area (Å²) in [6.45, 7) is 2.10. The number of pyridine rings is 1. The van der Waals surface area contributed by atoms with Crippen molar-refractivity contribution in [2.24, 2.45) is 5.92 Å². The van der Waals surface area contributed by atoms with Crippen LogP contribution in [0.15, 0.2) is 36.5 Å². The van der Waals surface area contributed by atoms with Crippen LogP contribution in [0, 0.1) is 5.92 Å². The van der Waals surface area contributed by atoms with E-state index in [1.165, 1.54) is 0 Å². The lowest BCUT2D eigenvalue weighted by Gasteiger charge is -2.19. The standard InChI is InChI=1S/C17H20N2O2/c1-19(16(20)10-13-7-9-21-12-13)11-15-5-2-4-14-6-3-8-18-17(14)15/h2-6,8,13H,7,9-12H2,1H3/t13-/m1/s1. The number of rotatable bonds is 4. The van der Waals surface area contributed by atoms with Crippen molar-refractivity contribution in [3.8, 4) is 0 Å². The Labute approximate surface area is 124 Å². The minimum absolute atomic E-state index is 0.179. The molecule has 0 aliphatic carbocycles. The largest absolute Gasteiger partial charge is 0.381 e. The molecule has 1 aliphatic rings. The van der Waals surface area contributed by atoms with Crippen LogP contribution < -0.4 is 0 Å². The van der Waals surface area contributed by atoms with Crippen molar-refractivity contribution in [2.75, 3.05) is 20.3 Å². The second-order valence-electron chi connectivity index (χ2n) is 5.68. The van der Waals surface area contributed by atoms with Gasteiger partial charge in [-0.05, 0) is 24.0 Å². The first-order chi connectivity index (χ1) is 10.2. The van der Waals surface area contributed by atoms with Gasteiger partial charge in [0.25, 0.3) is 0 Å². The molecule has 1 aromatic carbocycles. The number of para-hydroxylation sites is 1. The van der Waals surface area contributed by atoms with Crippen LogP contribution >= 0.6 is 0 Å². The molecule has 0 bridgehead atoms. The van der Waals surface area contributed by atoms with Crippen LogP contribution in [0.2, 0.25) is 0 Å². The fourth-order valence-electron chi connectivity index (χ4n) is 2.79. The molecule has 0 saturated carbocycles. The van der Waals surface area contributed by atoms with E-state index < -0.39 is 0 Å². The Morgan fingerprint density at radius 2 is 2.24 bits per heavy atom. The Morgan fingerprint density at radius 1 is 1.38 bits per heavy atom. The molecule has 2 aromatic rings. The van der Waals surface area contributed by atoms with Gasteiger partial charge >= 0.3 is 0 Å². The van der Waals surface area contributed by atoms with Gasteiger partial charge in [0.15, 0.2) is 0 Å². The molecular weight excluding hydrogens is 264 g/mol. The van der Waals surface area contributed by atoms with Gasteiger partial charge in [0.2, 0.25) is 5.91 Å². The molecular formula is C17H20N2O2. The predicted molar refractivity (Wildman–Crippen MR) is 81.8 cm³/mol. The Balaban J connectivity index is 1.70. The van der Waals surface area contributed by atoms with E-state index >= 15 is 0 Å². The molecule has 0 N–H and O–H groups in total. The van der Waals surface area contributed by atoms with E-state index in [-0.39, 0.29) is 5.91 Å². The van der Waals surface area contributed by atoms with Gasteiger partial charge in [-0.25, -0.2) is 0 Å². The smallest absolute Gasteiger partial charge is 0.222 e. The van der Waals surface area contributed by atoms with Gasteiger partial charge in [0.1, 0.15) is 0 Å². The van der Waals surface area contributed by atoms with Crippen molar-refractivity contribution in [1.82, 2.24) is 9.88 Å². The van der Waals surface area contributed by atoms with E-state index in [4.69, 9.17) is 4.74 Å². The highest BCUT2D eigenvalue weighted by atomic mass is 16.5. The molecule has 1 fully saturated rings. The number of aromatic nitrogens is 1. The van der Waals surface area contributed by atoms with Crippen LogP contribution in [0.3, 0.4) is 0 Å². The van der Waals surface area contributed by atoms with Crippen molar-refractivity contribution < 1.29 is 9.53 Å². The Kier molecular flexibility index (Phi) is 4.15. The van der Waals surface area contributed by atoms with Crippen molar-refractivity contribution in [3.63, 3.8) is 0 Å². The third-order valence-corrected chi connectivity index (χ3v) is 4.04. The molecule has 0 spiro atoms. The first-order valence-corrected chi connectivity index (χ1v) is 7.38. The number of carbonyl (C=O) groups excluding carboxylic acids is 1. The normalized spacial score (nSPS) is 18.0. The lowest BCUT2D eigenvalue weighted by atomic mass is 10.0. The van der Waals surface area contributed by atoms with E-state index in [1.54, 1.807) is 11.1 Å². The summed E-state index contributed by atoms with van der Waals surface area (Å²) in [5.41, 5.74) is 2.07. The second-order valence-corrected chi connectivity index (χ2v) is 5.68. The summed E-state index contributed by atoms with van der Waals surface area (Å²) in [5, 5.41) is 1.11. The summed E-state index contributed by atoms with van der Waals surface area (Å²) in [4.78, 5) is 18.5. The number of nitrogens with zero attached hydrogens (tertiary/aromatic N) is 2. The van der Waals surface area contributed by atoms with Gasteiger partial charge < -0.3 is 9.64 Å². The lowest BCUT2D eigenvalue weighted by molar-refractivity contribution is -0.131. The summed E-state index contributed by atoms with van der Waals surface area (Å²) in [6, 6.07) is 10.1. The third-order valence-electron chi connectivity index (χ3n) is 4.04. The van der Waals surface area contributed by atoms with Crippen molar-refractivity contribution in [2.45, 2.75) is 19.4 Å². The van der Waals surface area contributed by atoms with Crippen LogP contribution in [0.5, 0.6) is 0 Å². The Bertz CT molecular complexity index is 630. The monoisotopic (exact) mass is 284 g/mol. The average molecular weight is 284 g/mol. The molecule has 0 unspecified atom stereocenters. The van der Waals surface area contributed by atoms with Crippen LogP contribution in [0.1, 0.15) is 18.4 Å². The van der Waals surface area contributed by atoms with Crippen molar-refractivity contribution >= 4 is 16.8 Å². The zero-order valence-corrected chi connectivity index (χ0v) is 12.3. The number of carbonyl (C=O) groups is 1. The first-order valence-electron chi connectivity index (χ1n) is 7.38. The maximum Gasteiger partial charge on any atom is 0.222 e. The van der Waals surface area contributed by atoms with E-state index in [9.17, 15) is 4.79 Å². The fourth-order valence-corrected chi connectivity index (χ4v) is 2.79. The zero-order valence-electron chi connectivity index (χ0n) is 12.3. The number of amides is 1. The van der Waals surface area contributed by atoms with Gasteiger partial charge in [-0.2, -0.15) is 0 Å². The maximum atomic E-state index is 12.3.